The van der Waals surface area contributed by atoms with Gasteiger partial charge >= 0.3 is 0 Å². The van der Waals surface area contributed by atoms with E-state index in [-0.39, 0.29) is 18.1 Å². The van der Waals surface area contributed by atoms with Crippen LogP contribution in [-0.2, 0) is 9.53 Å². The third-order valence-corrected chi connectivity index (χ3v) is 2.40. The predicted octanol–water partition coefficient (Wildman–Crippen LogP) is 1.25. The van der Waals surface area contributed by atoms with E-state index in [1.165, 1.54) is 0 Å². The van der Waals surface area contributed by atoms with Crippen LogP contribution in [0.5, 0.6) is 0 Å². The van der Waals surface area contributed by atoms with Gasteiger partial charge in [-0.25, -0.2) is 0 Å². The second-order valence-electron chi connectivity index (χ2n) is 3.32. The number of rotatable bonds is 3. The fourth-order valence-electron chi connectivity index (χ4n) is 1.76. The Balaban J connectivity index is 2.39. The maximum absolute atomic E-state index is 11.2. The molecule has 0 aromatic rings. The number of nitrogens with one attached hydrogen (secondary N) is 1. The molecule has 13 heavy (non-hydrogen) atoms. The molecule has 0 saturated heterocycles. The minimum absolute atomic E-state index is 0.0172. The van der Waals surface area contributed by atoms with Crippen LogP contribution in [0.15, 0.2) is 12.2 Å². The van der Waals surface area contributed by atoms with Crippen LogP contribution in [0.1, 0.15) is 26.2 Å². The highest BCUT2D eigenvalue weighted by Gasteiger charge is 2.27. The molecule has 0 radical (unpaired) electrons. The first-order valence-corrected chi connectivity index (χ1v) is 4.74. The molecule has 1 amide bonds. The van der Waals surface area contributed by atoms with E-state index in [1.54, 1.807) is 19.3 Å². The molecule has 1 aliphatic rings. The molecule has 1 N–H and O–H groups in total. The molecule has 2 atom stereocenters. The number of hydrogen-bond donors (Lipinski definition) is 1. The predicted molar refractivity (Wildman–Crippen MR) is 51.4 cm³/mol. The number of carbonyl (C=O) groups excluding carboxylic acids is 1. The van der Waals surface area contributed by atoms with Gasteiger partial charge in [0, 0.05) is 7.11 Å². The SMILES string of the molecule is C/C=C/C(=O)N[C@H]1CCC[C@@H]1OC. The molecule has 3 nitrogen and oxygen atoms in total. The molecule has 74 valence electrons. The van der Waals surface area contributed by atoms with E-state index in [0.29, 0.717) is 0 Å². The molecular formula is C10H17NO2. The summed E-state index contributed by atoms with van der Waals surface area (Å²) in [4.78, 5) is 11.2. The summed E-state index contributed by atoms with van der Waals surface area (Å²) in [6.07, 6.45) is 6.71. The van der Waals surface area contributed by atoms with Gasteiger partial charge in [-0.3, -0.25) is 4.79 Å². The number of carbonyl (C=O) groups is 1. The molecular weight excluding hydrogens is 166 g/mol. The van der Waals surface area contributed by atoms with Crippen molar-refractivity contribution in [1.29, 1.82) is 0 Å². The van der Waals surface area contributed by atoms with E-state index in [2.05, 4.69) is 5.32 Å². The lowest BCUT2D eigenvalue weighted by Crippen LogP contribution is -2.39. The lowest BCUT2D eigenvalue weighted by molar-refractivity contribution is -0.117. The van der Waals surface area contributed by atoms with Gasteiger partial charge in [0.25, 0.3) is 0 Å². The highest BCUT2D eigenvalue weighted by Crippen LogP contribution is 2.21. The van der Waals surface area contributed by atoms with Crippen molar-refractivity contribution in [3.05, 3.63) is 12.2 Å². The van der Waals surface area contributed by atoms with E-state index < -0.39 is 0 Å². The maximum Gasteiger partial charge on any atom is 0.243 e. The number of hydrogen-bond acceptors (Lipinski definition) is 2. The summed E-state index contributed by atoms with van der Waals surface area (Å²) in [5.74, 6) is -0.0172. The van der Waals surface area contributed by atoms with Crippen molar-refractivity contribution in [1.82, 2.24) is 5.32 Å². The molecule has 1 aliphatic carbocycles. The van der Waals surface area contributed by atoms with Crippen LogP contribution in [0.2, 0.25) is 0 Å². The number of ether oxygens (including phenoxy) is 1. The van der Waals surface area contributed by atoms with Gasteiger partial charge in [0.2, 0.25) is 5.91 Å². The summed E-state index contributed by atoms with van der Waals surface area (Å²) in [7, 11) is 1.70. The quantitative estimate of drug-likeness (QED) is 0.669. The van der Waals surface area contributed by atoms with Crippen molar-refractivity contribution < 1.29 is 9.53 Å². The summed E-state index contributed by atoms with van der Waals surface area (Å²) < 4.78 is 5.26. The Kier molecular flexibility index (Phi) is 3.96. The lowest BCUT2D eigenvalue weighted by Gasteiger charge is -2.18. The molecule has 0 aromatic carbocycles. The monoisotopic (exact) mass is 183 g/mol. The molecule has 0 unspecified atom stereocenters. The minimum atomic E-state index is -0.0172. The normalized spacial score (nSPS) is 28.2. The number of amides is 1. The van der Waals surface area contributed by atoms with Gasteiger partial charge in [0.15, 0.2) is 0 Å². The molecule has 0 heterocycles. The molecule has 3 heteroatoms. The van der Waals surface area contributed by atoms with Crippen molar-refractivity contribution in [3.8, 4) is 0 Å². The Morgan fingerprint density at radius 1 is 1.54 bits per heavy atom. The number of methoxy groups -OCH3 is 1. The molecule has 0 bridgehead atoms. The van der Waals surface area contributed by atoms with Gasteiger partial charge in [0.05, 0.1) is 12.1 Å². The van der Waals surface area contributed by atoms with Gasteiger partial charge in [0.1, 0.15) is 0 Å². The van der Waals surface area contributed by atoms with Gasteiger partial charge in [-0.15, -0.1) is 0 Å². The average molecular weight is 183 g/mol. The fraction of sp³-hybridized carbons (Fsp3) is 0.700. The Hall–Kier alpha value is -0.830. The highest BCUT2D eigenvalue weighted by atomic mass is 16.5. The topological polar surface area (TPSA) is 38.3 Å². The van der Waals surface area contributed by atoms with Crippen molar-refractivity contribution in [2.45, 2.75) is 38.3 Å². The summed E-state index contributed by atoms with van der Waals surface area (Å²) in [5.41, 5.74) is 0. The van der Waals surface area contributed by atoms with Crippen molar-refractivity contribution >= 4 is 5.91 Å². The van der Waals surface area contributed by atoms with Crippen LogP contribution < -0.4 is 5.32 Å². The standard InChI is InChI=1S/C10H17NO2/c1-3-5-10(12)11-8-6-4-7-9(8)13-2/h3,5,8-9H,4,6-7H2,1-2H3,(H,11,12)/b5-3+/t8-,9-/m0/s1. The van der Waals surface area contributed by atoms with Crippen molar-refractivity contribution in [2.24, 2.45) is 0 Å². The first kappa shape index (κ1) is 10.3. The van der Waals surface area contributed by atoms with Gasteiger partial charge in [-0.2, -0.15) is 0 Å². The smallest absolute Gasteiger partial charge is 0.243 e. The van der Waals surface area contributed by atoms with Gasteiger partial charge in [-0.1, -0.05) is 6.08 Å². The molecule has 0 aromatic heterocycles. The second kappa shape index (κ2) is 5.02. The van der Waals surface area contributed by atoms with Crippen LogP contribution in [0.25, 0.3) is 0 Å². The third kappa shape index (κ3) is 2.84. The molecule has 0 spiro atoms. The minimum Gasteiger partial charge on any atom is -0.379 e. The van der Waals surface area contributed by atoms with E-state index in [1.807, 2.05) is 6.92 Å². The van der Waals surface area contributed by atoms with Crippen LogP contribution >= 0.6 is 0 Å². The maximum atomic E-state index is 11.2. The van der Waals surface area contributed by atoms with Crippen molar-refractivity contribution in [3.63, 3.8) is 0 Å². The Bertz CT molecular complexity index is 201. The Morgan fingerprint density at radius 3 is 2.92 bits per heavy atom. The van der Waals surface area contributed by atoms with E-state index in [4.69, 9.17) is 4.74 Å². The zero-order chi connectivity index (χ0) is 9.68. The summed E-state index contributed by atoms with van der Waals surface area (Å²) in [6.45, 7) is 1.84. The zero-order valence-corrected chi connectivity index (χ0v) is 8.25. The largest absolute Gasteiger partial charge is 0.379 e. The van der Waals surface area contributed by atoms with Crippen LogP contribution in [-0.4, -0.2) is 25.2 Å². The third-order valence-electron chi connectivity index (χ3n) is 2.40. The van der Waals surface area contributed by atoms with Crippen molar-refractivity contribution in [2.75, 3.05) is 7.11 Å². The highest BCUT2D eigenvalue weighted by molar-refractivity contribution is 5.87. The number of allylic oxidation sites excluding steroid dienone is 1. The zero-order valence-electron chi connectivity index (χ0n) is 8.25. The first-order valence-electron chi connectivity index (χ1n) is 4.74. The van der Waals surface area contributed by atoms with E-state index in [0.717, 1.165) is 19.3 Å². The fourth-order valence-corrected chi connectivity index (χ4v) is 1.76. The summed E-state index contributed by atoms with van der Waals surface area (Å²) in [6, 6.07) is 0.202. The average Bonchev–Trinajstić information content (AvgIpc) is 2.52. The van der Waals surface area contributed by atoms with Crippen LogP contribution in [0, 0.1) is 0 Å². The Morgan fingerprint density at radius 2 is 2.31 bits per heavy atom. The molecule has 1 saturated carbocycles. The van der Waals surface area contributed by atoms with Crippen LogP contribution in [0.3, 0.4) is 0 Å². The molecule has 1 rings (SSSR count). The lowest BCUT2D eigenvalue weighted by atomic mass is 10.2. The Labute approximate surface area is 79.2 Å². The molecule has 1 fully saturated rings. The van der Waals surface area contributed by atoms with E-state index in [9.17, 15) is 4.79 Å². The molecule has 0 aliphatic heterocycles. The summed E-state index contributed by atoms with van der Waals surface area (Å²) >= 11 is 0. The first-order chi connectivity index (χ1) is 6.27. The van der Waals surface area contributed by atoms with E-state index >= 15 is 0 Å². The van der Waals surface area contributed by atoms with Gasteiger partial charge in [-0.05, 0) is 32.3 Å². The van der Waals surface area contributed by atoms with Gasteiger partial charge < -0.3 is 10.1 Å². The van der Waals surface area contributed by atoms with Crippen LogP contribution in [0.4, 0.5) is 0 Å². The second-order valence-corrected chi connectivity index (χ2v) is 3.32. The summed E-state index contributed by atoms with van der Waals surface area (Å²) in [5, 5.41) is 2.93.